The quantitative estimate of drug-likeness (QED) is 0.596. The van der Waals surface area contributed by atoms with Crippen LogP contribution in [0.25, 0.3) is 0 Å². The second-order valence-electron chi connectivity index (χ2n) is 6.04. The number of nitrogens with one attached hydrogen (secondary N) is 1. The Morgan fingerprint density at radius 1 is 1.21 bits per heavy atom. The lowest BCUT2D eigenvalue weighted by atomic mass is 10.1. The number of hydrogen-bond donors (Lipinski definition) is 1. The monoisotopic (exact) mass is 446 g/mol. The highest BCUT2D eigenvalue weighted by Crippen LogP contribution is 2.28. The van der Waals surface area contributed by atoms with Crippen LogP contribution in [0.2, 0.25) is 0 Å². The van der Waals surface area contributed by atoms with Crippen molar-refractivity contribution in [3.05, 3.63) is 65.2 Å². The summed E-state index contributed by atoms with van der Waals surface area (Å²) in [4.78, 5) is 25.8. The molecular weight excluding hydrogens is 424 g/mol. The molecule has 0 unspecified atom stereocenters. The number of para-hydroxylation sites is 1. The molecule has 0 aliphatic carbocycles. The van der Waals surface area contributed by atoms with Crippen molar-refractivity contribution in [2.24, 2.45) is 0 Å². The number of nitrogens with zero attached hydrogens (tertiary/aromatic N) is 1. The third-order valence-electron chi connectivity index (χ3n) is 3.91. The fourth-order valence-electron chi connectivity index (χ4n) is 2.43. The topological polar surface area (TPSA) is 67.9 Å². The molecule has 0 atom stereocenters. The first-order valence-corrected chi connectivity index (χ1v) is 9.42. The molecule has 0 heterocycles. The number of carbonyl (C=O) groups excluding carboxylic acids is 2. The molecule has 2 rings (SSSR count). The van der Waals surface area contributed by atoms with E-state index in [9.17, 15) is 9.59 Å². The summed E-state index contributed by atoms with van der Waals surface area (Å²) in [6.45, 7) is 3.43. The van der Waals surface area contributed by atoms with Gasteiger partial charge < -0.3 is 19.7 Å². The molecule has 0 saturated heterocycles. The van der Waals surface area contributed by atoms with Gasteiger partial charge in [0.1, 0.15) is 0 Å². The number of allylic oxidation sites excluding steroid dienone is 1. The zero-order valence-electron chi connectivity index (χ0n) is 15.9. The van der Waals surface area contributed by atoms with Crippen LogP contribution < -0.4 is 14.8 Å². The van der Waals surface area contributed by atoms with Crippen molar-refractivity contribution >= 4 is 33.4 Å². The van der Waals surface area contributed by atoms with E-state index in [2.05, 4.69) is 27.8 Å². The molecule has 6 nitrogen and oxygen atoms in total. The van der Waals surface area contributed by atoms with E-state index >= 15 is 0 Å². The summed E-state index contributed by atoms with van der Waals surface area (Å²) >= 11 is 3.37. The summed E-state index contributed by atoms with van der Waals surface area (Å²) in [6, 6.07) is 12.8. The van der Waals surface area contributed by atoms with Crippen LogP contribution in [0.4, 0.5) is 5.69 Å². The average molecular weight is 447 g/mol. The van der Waals surface area contributed by atoms with Gasteiger partial charge in [0.05, 0.1) is 19.3 Å². The van der Waals surface area contributed by atoms with Gasteiger partial charge in [0.2, 0.25) is 5.91 Å². The summed E-state index contributed by atoms with van der Waals surface area (Å²) in [5.41, 5.74) is 1.68. The molecule has 2 aromatic rings. The summed E-state index contributed by atoms with van der Waals surface area (Å²) in [7, 11) is 3.09. The van der Waals surface area contributed by atoms with Gasteiger partial charge in [-0.1, -0.05) is 24.3 Å². The van der Waals surface area contributed by atoms with E-state index in [0.717, 1.165) is 10.0 Å². The number of anilines is 1. The highest BCUT2D eigenvalue weighted by molar-refractivity contribution is 9.10. The van der Waals surface area contributed by atoms with E-state index in [1.165, 1.54) is 4.90 Å². The molecular formula is C21H23BrN2O4. The van der Waals surface area contributed by atoms with Crippen molar-refractivity contribution in [1.82, 2.24) is 4.90 Å². The molecule has 1 N–H and O–H groups in total. The smallest absolute Gasteiger partial charge is 0.260 e. The molecule has 0 bridgehead atoms. The van der Waals surface area contributed by atoms with E-state index in [4.69, 9.17) is 9.47 Å². The van der Waals surface area contributed by atoms with Crippen LogP contribution in [0.1, 0.15) is 5.56 Å². The van der Waals surface area contributed by atoms with Gasteiger partial charge in [-0.15, -0.1) is 6.58 Å². The molecule has 0 spiro atoms. The molecule has 28 heavy (non-hydrogen) atoms. The van der Waals surface area contributed by atoms with Gasteiger partial charge >= 0.3 is 0 Å². The Morgan fingerprint density at radius 3 is 2.64 bits per heavy atom. The van der Waals surface area contributed by atoms with Crippen molar-refractivity contribution < 1.29 is 19.1 Å². The van der Waals surface area contributed by atoms with Crippen LogP contribution in [-0.4, -0.2) is 44.0 Å². The summed E-state index contributed by atoms with van der Waals surface area (Å²) in [5, 5.41) is 2.76. The number of hydrogen-bond acceptors (Lipinski definition) is 4. The molecule has 0 saturated carbocycles. The van der Waals surface area contributed by atoms with Crippen LogP contribution in [0.15, 0.2) is 59.6 Å². The maximum absolute atomic E-state index is 12.3. The molecule has 0 fully saturated rings. The van der Waals surface area contributed by atoms with Gasteiger partial charge in [-0.25, -0.2) is 0 Å². The lowest BCUT2D eigenvalue weighted by molar-refractivity contribution is -0.135. The van der Waals surface area contributed by atoms with Gasteiger partial charge in [0, 0.05) is 11.5 Å². The molecule has 148 valence electrons. The number of methoxy groups -OCH3 is 1. The fourth-order valence-corrected chi connectivity index (χ4v) is 2.81. The summed E-state index contributed by atoms with van der Waals surface area (Å²) in [5.74, 6) is 0.393. The number of likely N-dealkylation sites (N-methyl/N-ethyl adjacent to an activating group) is 1. The van der Waals surface area contributed by atoms with Crippen LogP contribution in [0, 0.1) is 0 Å². The van der Waals surface area contributed by atoms with Crippen molar-refractivity contribution in [2.45, 2.75) is 6.42 Å². The highest BCUT2D eigenvalue weighted by Gasteiger charge is 2.15. The number of halogens is 1. The average Bonchev–Trinajstić information content (AvgIpc) is 2.68. The van der Waals surface area contributed by atoms with Crippen molar-refractivity contribution in [2.75, 3.05) is 32.6 Å². The van der Waals surface area contributed by atoms with E-state index < -0.39 is 0 Å². The molecule has 7 heteroatoms. The van der Waals surface area contributed by atoms with E-state index in [1.807, 2.05) is 30.3 Å². The van der Waals surface area contributed by atoms with Gasteiger partial charge in [0.25, 0.3) is 5.91 Å². The van der Waals surface area contributed by atoms with Crippen LogP contribution in [0.3, 0.4) is 0 Å². The number of rotatable bonds is 9. The normalized spacial score (nSPS) is 10.1. The van der Waals surface area contributed by atoms with E-state index in [1.54, 1.807) is 32.4 Å². The van der Waals surface area contributed by atoms with Crippen molar-refractivity contribution in [3.8, 4) is 11.5 Å². The minimum Gasteiger partial charge on any atom is -0.493 e. The Balaban J connectivity index is 1.89. The molecule has 0 radical (unpaired) electrons. The zero-order valence-corrected chi connectivity index (χ0v) is 17.5. The third-order valence-corrected chi connectivity index (χ3v) is 4.61. The lowest BCUT2D eigenvalue weighted by Crippen LogP contribution is -2.37. The fraction of sp³-hybridized carbons (Fsp3) is 0.238. The summed E-state index contributed by atoms with van der Waals surface area (Å²) in [6.07, 6.45) is 2.51. The Labute approximate surface area is 173 Å². The van der Waals surface area contributed by atoms with Gasteiger partial charge in [0.15, 0.2) is 18.1 Å². The van der Waals surface area contributed by atoms with Gasteiger partial charge in [-0.05, 0) is 52.2 Å². The molecule has 0 aromatic heterocycles. The standard InChI is InChI=1S/C21H23BrN2O4/c1-4-7-15-10-11-18(19(12-15)27-3)28-14-21(26)24(2)13-20(25)23-17-9-6-5-8-16(17)22/h4-6,8-12H,1,7,13-14H2,2-3H3,(H,23,25). The number of benzene rings is 2. The summed E-state index contributed by atoms with van der Waals surface area (Å²) < 4.78 is 11.7. The number of carbonyl (C=O) groups is 2. The number of ether oxygens (including phenoxy) is 2. The molecule has 2 aromatic carbocycles. The Morgan fingerprint density at radius 2 is 1.96 bits per heavy atom. The Kier molecular flexibility index (Phi) is 8.07. The van der Waals surface area contributed by atoms with Crippen LogP contribution >= 0.6 is 15.9 Å². The number of amides is 2. The maximum Gasteiger partial charge on any atom is 0.260 e. The largest absolute Gasteiger partial charge is 0.493 e. The molecule has 0 aliphatic rings. The van der Waals surface area contributed by atoms with Gasteiger partial charge in [-0.2, -0.15) is 0 Å². The van der Waals surface area contributed by atoms with Crippen molar-refractivity contribution in [1.29, 1.82) is 0 Å². The lowest BCUT2D eigenvalue weighted by Gasteiger charge is -2.18. The van der Waals surface area contributed by atoms with E-state index in [0.29, 0.717) is 23.6 Å². The van der Waals surface area contributed by atoms with Gasteiger partial charge in [-0.3, -0.25) is 9.59 Å². The third kappa shape index (κ3) is 6.13. The first-order valence-electron chi connectivity index (χ1n) is 8.63. The first kappa shape index (κ1) is 21.5. The maximum atomic E-state index is 12.3. The Hall–Kier alpha value is -2.80. The second kappa shape index (κ2) is 10.5. The second-order valence-corrected chi connectivity index (χ2v) is 6.90. The molecule has 2 amide bonds. The van der Waals surface area contributed by atoms with Crippen LogP contribution in [0.5, 0.6) is 11.5 Å². The molecule has 0 aliphatic heterocycles. The minimum absolute atomic E-state index is 0.0844. The highest BCUT2D eigenvalue weighted by atomic mass is 79.9. The zero-order chi connectivity index (χ0) is 20.5. The minimum atomic E-state index is -0.320. The predicted molar refractivity (Wildman–Crippen MR) is 113 cm³/mol. The SMILES string of the molecule is C=CCc1ccc(OCC(=O)N(C)CC(=O)Nc2ccccc2Br)c(OC)c1. The Bertz CT molecular complexity index is 854. The van der Waals surface area contributed by atoms with Crippen LogP contribution in [-0.2, 0) is 16.0 Å². The van der Waals surface area contributed by atoms with E-state index in [-0.39, 0.29) is 25.0 Å². The first-order chi connectivity index (χ1) is 13.4. The van der Waals surface area contributed by atoms with Crippen molar-refractivity contribution in [3.63, 3.8) is 0 Å². The predicted octanol–water partition coefficient (Wildman–Crippen LogP) is 3.66.